The summed E-state index contributed by atoms with van der Waals surface area (Å²) in [6.07, 6.45) is 5.22. The van der Waals surface area contributed by atoms with Gasteiger partial charge in [-0.3, -0.25) is 9.48 Å². The lowest BCUT2D eigenvalue weighted by atomic mass is 10.3. The van der Waals surface area contributed by atoms with Crippen LogP contribution in [-0.2, 0) is 16.7 Å². The molecule has 0 unspecified atom stereocenters. The van der Waals surface area contributed by atoms with E-state index in [9.17, 15) is 13.2 Å². The maximum atomic E-state index is 12.7. The van der Waals surface area contributed by atoms with E-state index in [1.807, 2.05) is 6.20 Å². The van der Waals surface area contributed by atoms with E-state index in [-0.39, 0.29) is 19.0 Å². The Labute approximate surface area is 174 Å². The molecule has 3 aromatic rings. The minimum atomic E-state index is -3.48. The first-order chi connectivity index (χ1) is 13.4. The molecule has 28 heavy (non-hydrogen) atoms. The fourth-order valence-electron chi connectivity index (χ4n) is 2.95. The molecule has 0 saturated carbocycles. The third-order valence-electron chi connectivity index (χ3n) is 4.37. The number of carbonyl (C=O) groups excluding carboxylic acids is 1. The molecular formula is C16H17BrN6O3S2. The number of rotatable bonds is 5. The van der Waals surface area contributed by atoms with E-state index < -0.39 is 10.0 Å². The Kier molecular flexibility index (Phi) is 5.36. The molecule has 0 aromatic carbocycles. The molecule has 0 atom stereocenters. The number of amides is 1. The van der Waals surface area contributed by atoms with Crippen molar-refractivity contribution in [2.24, 2.45) is 0 Å². The van der Waals surface area contributed by atoms with Gasteiger partial charge in [0, 0.05) is 38.6 Å². The van der Waals surface area contributed by atoms with Crippen LogP contribution < -0.4 is 0 Å². The molecule has 0 N–H and O–H groups in total. The molecule has 9 nitrogen and oxygen atoms in total. The highest BCUT2D eigenvalue weighted by Gasteiger charge is 2.31. The van der Waals surface area contributed by atoms with Gasteiger partial charge in [0.1, 0.15) is 16.6 Å². The maximum absolute atomic E-state index is 12.7. The molecule has 1 saturated heterocycles. The largest absolute Gasteiger partial charge is 0.335 e. The Morgan fingerprint density at radius 3 is 2.61 bits per heavy atom. The van der Waals surface area contributed by atoms with Crippen LogP contribution in [0.15, 0.2) is 50.9 Å². The number of nitrogens with zero attached hydrogens (tertiary/aromatic N) is 6. The molecule has 12 heteroatoms. The second-order valence-corrected chi connectivity index (χ2v) is 10.2. The van der Waals surface area contributed by atoms with Gasteiger partial charge in [-0.2, -0.15) is 14.5 Å². The van der Waals surface area contributed by atoms with Crippen molar-refractivity contribution < 1.29 is 13.2 Å². The number of piperazine rings is 1. The first-order valence-corrected chi connectivity index (χ1v) is 11.6. The van der Waals surface area contributed by atoms with E-state index in [4.69, 9.17) is 0 Å². The summed E-state index contributed by atoms with van der Waals surface area (Å²) in [7, 11) is -3.48. The molecule has 0 aliphatic carbocycles. The van der Waals surface area contributed by atoms with Crippen LogP contribution in [0.1, 0.15) is 10.5 Å². The number of sulfonamides is 1. The van der Waals surface area contributed by atoms with Crippen LogP contribution in [0, 0.1) is 0 Å². The Balaban J connectivity index is 1.38. The Hall–Kier alpha value is -2.02. The van der Waals surface area contributed by atoms with Gasteiger partial charge in [0.05, 0.1) is 10.7 Å². The molecular weight excluding hydrogens is 468 g/mol. The summed E-state index contributed by atoms with van der Waals surface area (Å²) in [6, 6.07) is 4.98. The maximum Gasteiger partial charge on any atom is 0.274 e. The van der Waals surface area contributed by atoms with Crippen LogP contribution in [0.4, 0.5) is 0 Å². The standard InChI is InChI=1S/C16H17BrN6O3S2/c17-13-10-18-22(11-13)12-21-4-3-14(19-21)16(24)20-5-7-23(8-6-20)28(25,26)15-2-1-9-27-15/h1-4,9-11H,5-8,12H2. The van der Waals surface area contributed by atoms with Gasteiger partial charge in [-0.1, -0.05) is 6.07 Å². The Morgan fingerprint density at radius 1 is 1.18 bits per heavy atom. The lowest BCUT2D eigenvalue weighted by molar-refractivity contribution is 0.0691. The van der Waals surface area contributed by atoms with Crippen molar-refractivity contribution in [3.8, 4) is 0 Å². The van der Waals surface area contributed by atoms with E-state index in [1.54, 1.807) is 50.2 Å². The number of hydrogen-bond acceptors (Lipinski definition) is 6. The average Bonchev–Trinajstić information content (AvgIpc) is 3.44. The van der Waals surface area contributed by atoms with E-state index >= 15 is 0 Å². The van der Waals surface area contributed by atoms with Crippen molar-refractivity contribution in [2.75, 3.05) is 26.2 Å². The quantitative estimate of drug-likeness (QED) is 0.547. The number of aromatic nitrogens is 4. The van der Waals surface area contributed by atoms with Crippen molar-refractivity contribution in [2.45, 2.75) is 10.9 Å². The average molecular weight is 485 g/mol. The molecule has 0 spiro atoms. The van der Waals surface area contributed by atoms with E-state index in [0.29, 0.717) is 29.7 Å². The van der Waals surface area contributed by atoms with Crippen LogP contribution in [0.5, 0.6) is 0 Å². The van der Waals surface area contributed by atoms with Crippen molar-refractivity contribution in [3.63, 3.8) is 0 Å². The highest BCUT2D eigenvalue weighted by Crippen LogP contribution is 2.22. The summed E-state index contributed by atoms with van der Waals surface area (Å²) in [6.45, 7) is 1.61. The van der Waals surface area contributed by atoms with Crippen LogP contribution in [0.3, 0.4) is 0 Å². The first kappa shape index (κ1) is 19.3. The van der Waals surface area contributed by atoms with Gasteiger partial charge >= 0.3 is 0 Å². The van der Waals surface area contributed by atoms with Crippen LogP contribution in [-0.4, -0.2) is 69.3 Å². The van der Waals surface area contributed by atoms with Gasteiger partial charge in [0.25, 0.3) is 15.9 Å². The van der Waals surface area contributed by atoms with Gasteiger partial charge in [-0.15, -0.1) is 11.3 Å². The Morgan fingerprint density at radius 2 is 1.96 bits per heavy atom. The summed E-state index contributed by atoms with van der Waals surface area (Å²) in [4.78, 5) is 14.3. The highest BCUT2D eigenvalue weighted by atomic mass is 79.9. The predicted octanol–water partition coefficient (Wildman–Crippen LogP) is 1.56. The van der Waals surface area contributed by atoms with Crippen molar-refractivity contribution in [1.82, 2.24) is 28.8 Å². The summed E-state index contributed by atoms with van der Waals surface area (Å²) < 4.78 is 31.1. The van der Waals surface area contributed by atoms with Gasteiger partial charge < -0.3 is 4.90 Å². The number of thiophene rings is 1. The predicted molar refractivity (Wildman–Crippen MR) is 107 cm³/mol. The highest BCUT2D eigenvalue weighted by molar-refractivity contribution is 9.10. The lowest BCUT2D eigenvalue weighted by Gasteiger charge is -2.33. The molecule has 1 amide bonds. The zero-order valence-electron chi connectivity index (χ0n) is 14.7. The molecule has 3 aromatic heterocycles. The van der Waals surface area contributed by atoms with Gasteiger partial charge in [0.15, 0.2) is 0 Å². The molecule has 1 aliphatic rings. The van der Waals surface area contributed by atoms with Crippen molar-refractivity contribution in [1.29, 1.82) is 0 Å². The third kappa shape index (κ3) is 3.90. The molecule has 4 rings (SSSR count). The van der Waals surface area contributed by atoms with E-state index in [1.165, 1.54) is 15.6 Å². The monoisotopic (exact) mass is 484 g/mol. The van der Waals surface area contributed by atoms with E-state index in [0.717, 1.165) is 4.47 Å². The summed E-state index contributed by atoms with van der Waals surface area (Å²) in [5.74, 6) is -0.200. The first-order valence-electron chi connectivity index (χ1n) is 8.48. The van der Waals surface area contributed by atoms with Crippen molar-refractivity contribution >= 4 is 43.2 Å². The van der Waals surface area contributed by atoms with Crippen molar-refractivity contribution in [3.05, 3.63) is 52.3 Å². The molecule has 1 aliphatic heterocycles. The fourth-order valence-corrected chi connectivity index (χ4v) is 5.84. The zero-order chi connectivity index (χ0) is 19.7. The van der Waals surface area contributed by atoms with Crippen LogP contribution >= 0.6 is 27.3 Å². The fraction of sp³-hybridized carbons (Fsp3) is 0.312. The minimum absolute atomic E-state index is 0.200. The lowest BCUT2D eigenvalue weighted by Crippen LogP contribution is -2.50. The second-order valence-electron chi connectivity index (χ2n) is 6.21. The molecule has 0 bridgehead atoms. The molecule has 148 valence electrons. The third-order valence-corrected chi connectivity index (χ3v) is 8.05. The smallest absolute Gasteiger partial charge is 0.274 e. The molecule has 1 fully saturated rings. The topological polar surface area (TPSA) is 93.3 Å². The second kappa shape index (κ2) is 7.78. The normalized spacial score (nSPS) is 15.8. The number of halogens is 1. The number of carbonyl (C=O) groups is 1. The van der Waals surface area contributed by atoms with E-state index in [2.05, 4.69) is 26.1 Å². The van der Waals surface area contributed by atoms with Gasteiger partial charge in [-0.25, -0.2) is 13.1 Å². The van der Waals surface area contributed by atoms with Crippen LogP contribution in [0.25, 0.3) is 0 Å². The summed E-state index contributed by atoms with van der Waals surface area (Å²) in [5.41, 5.74) is 0.334. The zero-order valence-corrected chi connectivity index (χ0v) is 17.9. The Bertz CT molecular complexity index is 1070. The number of hydrogen-bond donors (Lipinski definition) is 0. The summed E-state index contributed by atoms with van der Waals surface area (Å²) in [5, 5.41) is 10.2. The SMILES string of the molecule is O=C(c1ccn(Cn2cc(Br)cn2)n1)N1CCN(S(=O)(=O)c2cccs2)CC1. The van der Waals surface area contributed by atoms with Crippen LogP contribution in [0.2, 0.25) is 0 Å². The molecule has 4 heterocycles. The molecule has 0 radical (unpaired) electrons. The van der Waals surface area contributed by atoms with Gasteiger partial charge in [-0.05, 0) is 33.4 Å². The minimum Gasteiger partial charge on any atom is -0.335 e. The van der Waals surface area contributed by atoms with Gasteiger partial charge in [0.2, 0.25) is 0 Å². The summed E-state index contributed by atoms with van der Waals surface area (Å²) >= 11 is 4.54.